The molecule has 1 aliphatic rings. The first-order chi connectivity index (χ1) is 13.1. The lowest BCUT2D eigenvalue weighted by Gasteiger charge is -2.19. The molecule has 0 aromatic heterocycles. The van der Waals surface area contributed by atoms with Crippen LogP contribution in [-0.2, 0) is 4.79 Å². The SMILES string of the molecule is CCCCN1C(=O)/C(=C(/C#N)CN(C)c2ccccc2)c2cc(C)ccc21. The first-order valence-electron chi connectivity index (χ1n) is 9.39. The number of anilines is 2. The second-order valence-corrected chi connectivity index (χ2v) is 6.99. The molecule has 0 saturated carbocycles. The fourth-order valence-electron chi connectivity index (χ4n) is 3.46. The molecular formula is C23H25N3O. The van der Waals surface area contributed by atoms with Gasteiger partial charge in [0.15, 0.2) is 0 Å². The zero-order valence-electron chi connectivity index (χ0n) is 16.2. The van der Waals surface area contributed by atoms with E-state index >= 15 is 0 Å². The number of benzene rings is 2. The Kier molecular flexibility index (Phi) is 5.61. The molecule has 2 aromatic rings. The molecule has 1 amide bonds. The summed E-state index contributed by atoms with van der Waals surface area (Å²) in [4.78, 5) is 17.0. The molecule has 0 radical (unpaired) electrons. The highest BCUT2D eigenvalue weighted by Gasteiger charge is 2.34. The van der Waals surface area contributed by atoms with Crippen molar-refractivity contribution in [2.45, 2.75) is 26.7 Å². The highest BCUT2D eigenvalue weighted by molar-refractivity contribution is 6.33. The third-order valence-electron chi connectivity index (χ3n) is 4.94. The molecule has 4 nitrogen and oxygen atoms in total. The number of hydrogen-bond acceptors (Lipinski definition) is 3. The zero-order valence-corrected chi connectivity index (χ0v) is 16.2. The minimum atomic E-state index is -0.0536. The first kappa shape index (κ1) is 18.7. The summed E-state index contributed by atoms with van der Waals surface area (Å²) in [6.45, 7) is 5.21. The van der Waals surface area contributed by atoms with Gasteiger partial charge in [0.05, 0.1) is 29.4 Å². The lowest BCUT2D eigenvalue weighted by molar-refractivity contribution is -0.113. The van der Waals surface area contributed by atoms with Gasteiger partial charge in [0.2, 0.25) is 0 Å². The Morgan fingerprint density at radius 1 is 1.19 bits per heavy atom. The third kappa shape index (κ3) is 3.73. The number of carbonyl (C=O) groups excluding carboxylic acids is 1. The summed E-state index contributed by atoms with van der Waals surface area (Å²) in [6, 6.07) is 18.3. The number of likely N-dealkylation sites (N-methyl/N-ethyl adjacent to an activating group) is 1. The number of nitrogens with zero attached hydrogens (tertiary/aromatic N) is 3. The van der Waals surface area contributed by atoms with E-state index in [1.807, 2.05) is 72.3 Å². The van der Waals surface area contributed by atoms with Gasteiger partial charge in [-0.1, -0.05) is 43.2 Å². The fraction of sp³-hybridized carbons (Fsp3) is 0.304. The van der Waals surface area contributed by atoms with E-state index in [4.69, 9.17) is 0 Å². The van der Waals surface area contributed by atoms with Gasteiger partial charge in [-0.05, 0) is 37.6 Å². The highest BCUT2D eigenvalue weighted by Crippen LogP contribution is 2.39. The molecule has 4 heteroatoms. The van der Waals surface area contributed by atoms with E-state index in [-0.39, 0.29) is 5.91 Å². The van der Waals surface area contributed by atoms with Crippen LogP contribution >= 0.6 is 0 Å². The van der Waals surface area contributed by atoms with Gasteiger partial charge in [-0.25, -0.2) is 0 Å². The van der Waals surface area contributed by atoms with E-state index in [9.17, 15) is 10.1 Å². The monoisotopic (exact) mass is 359 g/mol. The number of para-hydroxylation sites is 1. The Hall–Kier alpha value is -3.06. The van der Waals surface area contributed by atoms with Crippen LogP contribution in [0.3, 0.4) is 0 Å². The number of unbranched alkanes of at least 4 members (excludes halogenated alkanes) is 1. The number of hydrogen-bond donors (Lipinski definition) is 0. The first-order valence-corrected chi connectivity index (χ1v) is 9.39. The summed E-state index contributed by atoms with van der Waals surface area (Å²) in [5.74, 6) is -0.0536. The summed E-state index contributed by atoms with van der Waals surface area (Å²) in [7, 11) is 1.94. The Balaban J connectivity index is 2.03. The summed E-state index contributed by atoms with van der Waals surface area (Å²) < 4.78 is 0. The highest BCUT2D eigenvalue weighted by atomic mass is 16.2. The topological polar surface area (TPSA) is 47.3 Å². The Bertz CT molecular complexity index is 909. The van der Waals surface area contributed by atoms with Gasteiger partial charge in [-0.15, -0.1) is 0 Å². The van der Waals surface area contributed by atoms with Crippen molar-refractivity contribution in [1.82, 2.24) is 0 Å². The second-order valence-electron chi connectivity index (χ2n) is 6.99. The molecule has 0 bridgehead atoms. The number of nitriles is 1. The second kappa shape index (κ2) is 8.09. The van der Waals surface area contributed by atoms with Crippen LogP contribution in [0.1, 0.15) is 30.9 Å². The lowest BCUT2D eigenvalue weighted by Crippen LogP contribution is -2.28. The van der Waals surface area contributed by atoms with Crippen LogP contribution in [0.2, 0.25) is 0 Å². The lowest BCUT2D eigenvalue weighted by atomic mass is 9.99. The van der Waals surface area contributed by atoms with E-state index < -0.39 is 0 Å². The van der Waals surface area contributed by atoms with Gasteiger partial charge >= 0.3 is 0 Å². The molecule has 138 valence electrons. The number of amides is 1. The number of aryl methyl sites for hydroxylation is 1. The van der Waals surface area contributed by atoms with Crippen molar-refractivity contribution in [3.63, 3.8) is 0 Å². The maximum atomic E-state index is 13.2. The normalized spacial score (nSPS) is 14.7. The quantitative estimate of drug-likeness (QED) is 0.561. The Morgan fingerprint density at radius 2 is 1.93 bits per heavy atom. The van der Waals surface area contributed by atoms with Crippen LogP contribution in [0.4, 0.5) is 11.4 Å². The van der Waals surface area contributed by atoms with Gasteiger partial charge in [-0.2, -0.15) is 5.26 Å². The van der Waals surface area contributed by atoms with E-state index in [0.29, 0.717) is 24.2 Å². The molecular weight excluding hydrogens is 334 g/mol. The summed E-state index contributed by atoms with van der Waals surface area (Å²) in [6.07, 6.45) is 1.96. The van der Waals surface area contributed by atoms with Crippen molar-refractivity contribution in [3.8, 4) is 6.07 Å². The van der Waals surface area contributed by atoms with E-state index in [2.05, 4.69) is 13.0 Å². The minimum Gasteiger partial charge on any atom is -0.370 e. The van der Waals surface area contributed by atoms with Crippen molar-refractivity contribution in [3.05, 3.63) is 65.2 Å². The molecule has 27 heavy (non-hydrogen) atoms. The van der Waals surface area contributed by atoms with Crippen LogP contribution in [0.15, 0.2) is 54.1 Å². The van der Waals surface area contributed by atoms with Crippen LogP contribution in [0, 0.1) is 18.3 Å². The van der Waals surface area contributed by atoms with Crippen molar-refractivity contribution >= 4 is 22.9 Å². The molecule has 1 heterocycles. The molecule has 0 N–H and O–H groups in total. The van der Waals surface area contributed by atoms with E-state index in [1.54, 1.807) is 0 Å². The smallest absolute Gasteiger partial charge is 0.260 e. The van der Waals surface area contributed by atoms with Crippen molar-refractivity contribution in [2.75, 3.05) is 29.9 Å². The molecule has 1 aliphatic heterocycles. The minimum absolute atomic E-state index is 0.0536. The Morgan fingerprint density at radius 3 is 2.59 bits per heavy atom. The molecule has 2 aromatic carbocycles. The maximum Gasteiger partial charge on any atom is 0.260 e. The standard InChI is InChI=1S/C23H25N3O/c1-4-5-13-26-21-12-11-17(2)14-20(21)22(23(26)27)18(15-24)16-25(3)19-9-7-6-8-10-19/h6-12,14H,4-5,13,16H2,1-3H3/b22-18-. The predicted molar refractivity (Wildman–Crippen MR) is 111 cm³/mol. The number of rotatable bonds is 6. The van der Waals surface area contributed by atoms with Crippen LogP contribution in [-0.4, -0.2) is 26.0 Å². The predicted octanol–water partition coefficient (Wildman–Crippen LogP) is 4.56. The van der Waals surface area contributed by atoms with Gasteiger partial charge in [0.25, 0.3) is 5.91 Å². The molecule has 0 fully saturated rings. The van der Waals surface area contributed by atoms with Crippen LogP contribution in [0.25, 0.3) is 5.57 Å². The van der Waals surface area contributed by atoms with Crippen molar-refractivity contribution < 1.29 is 4.79 Å². The summed E-state index contributed by atoms with van der Waals surface area (Å²) in [5.41, 5.74) is 4.97. The van der Waals surface area contributed by atoms with E-state index in [0.717, 1.165) is 35.3 Å². The van der Waals surface area contributed by atoms with Gasteiger partial charge < -0.3 is 9.80 Å². The zero-order chi connectivity index (χ0) is 19.4. The van der Waals surface area contributed by atoms with E-state index in [1.165, 1.54) is 0 Å². The number of carbonyl (C=O) groups is 1. The Labute approximate surface area is 161 Å². The third-order valence-corrected chi connectivity index (χ3v) is 4.94. The average molecular weight is 359 g/mol. The molecule has 0 unspecified atom stereocenters. The summed E-state index contributed by atoms with van der Waals surface area (Å²) in [5, 5.41) is 9.85. The summed E-state index contributed by atoms with van der Waals surface area (Å²) >= 11 is 0. The molecule has 0 atom stereocenters. The molecule has 3 rings (SSSR count). The number of fused-ring (bicyclic) bond motifs is 1. The molecule has 0 aliphatic carbocycles. The van der Waals surface area contributed by atoms with Gasteiger partial charge in [0, 0.05) is 24.8 Å². The maximum absolute atomic E-state index is 13.2. The fourth-order valence-corrected chi connectivity index (χ4v) is 3.46. The average Bonchev–Trinajstić information content (AvgIpc) is 2.95. The van der Waals surface area contributed by atoms with Crippen molar-refractivity contribution in [1.29, 1.82) is 5.26 Å². The van der Waals surface area contributed by atoms with Gasteiger partial charge in [0.1, 0.15) is 0 Å². The molecule has 0 spiro atoms. The largest absolute Gasteiger partial charge is 0.370 e. The van der Waals surface area contributed by atoms with Crippen molar-refractivity contribution in [2.24, 2.45) is 0 Å². The molecule has 0 saturated heterocycles. The van der Waals surface area contributed by atoms with Crippen LogP contribution < -0.4 is 9.80 Å². The van der Waals surface area contributed by atoms with Gasteiger partial charge in [-0.3, -0.25) is 4.79 Å². The van der Waals surface area contributed by atoms with Crippen LogP contribution in [0.5, 0.6) is 0 Å².